The second-order valence-electron chi connectivity index (χ2n) is 6.11. The fourth-order valence-electron chi connectivity index (χ4n) is 3.89. The van der Waals surface area contributed by atoms with Crippen molar-refractivity contribution in [3.05, 3.63) is 27.7 Å². The first-order valence-corrected chi connectivity index (χ1v) is 7.99. The van der Waals surface area contributed by atoms with E-state index in [9.17, 15) is 5.11 Å². The highest BCUT2D eigenvalue weighted by atomic mass is 79.9. The molecule has 0 saturated heterocycles. The largest absolute Gasteiger partial charge is 0.493 e. The molecule has 1 aromatic carbocycles. The average molecular weight is 325 g/mol. The molecule has 1 aromatic rings. The second-order valence-corrected chi connectivity index (χ2v) is 7.03. The van der Waals surface area contributed by atoms with Crippen LogP contribution >= 0.6 is 15.9 Å². The Morgan fingerprint density at radius 2 is 2.16 bits per heavy atom. The van der Waals surface area contributed by atoms with Crippen molar-refractivity contribution in [2.75, 3.05) is 6.61 Å². The number of halogens is 1. The van der Waals surface area contributed by atoms with Crippen LogP contribution in [0.1, 0.15) is 36.8 Å². The second kappa shape index (κ2) is 5.45. The lowest BCUT2D eigenvalue weighted by atomic mass is 9.89. The molecule has 3 atom stereocenters. The minimum atomic E-state index is 0.0341. The van der Waals surface area contributed by atoms with Crippen LogP contribution in [0.5, 0.6) is 5.75 Å². The summed E-state index contributed by atoms with van der Waals surface area (Å²) in [5.41, 5.74) is 1.98. The van der Waals surface area contributed by atoms with E-state index in [2.05, 4.69) is 22.0 Å². The molecule has 0 amide bonds. The van der Waals surface area contributed by atoms with Gasteiger partial charge in [0.05, 0.1) is 13.2 Å². The van der Waals surface area contributed by atoms with E-state index in [0.717, 1.165) is 45.7 Å². The van der Waals surface area contributed by atoms with Gasteiger partial charge in [-0.15, -0.1) is 0 Å². The summed E-state index contributed by atoms with van der Waals surface area (Å²) >= 11 is 3.47. The zero-order valence-corrected chi connectivity index (χ0v) is 12.9. The molecule has 0 heterocycles. The van der Waals surface area contributed by atoms with Crippen molar-refractivity contribution in [3.63, 3.8) is 0 Å². The van der Waals surface area contributed by atoms with E-state index in [0.29, 0.717) is 0 Å². The van der Waals surface area contributed by atoms with Crippen molar-refractivity contribution < 1.29 is 9.84 Å². The van der Waals surface area contributed by atoms with Crippen LogP contribution in [0.3, 0.4) is 0 Å². The van der Waals surface area contributed by atoms with E-state index in [-0.39, 0.29) is 6.61 Å². The molecule has 1 N–H and O–H groups in total. The third-order valence-electron chi connectivity index (χ3n) is 4.81. The van der Waals surface area contributed by atoms with Gasteiger partial charge >= 0.3 is 0 Å². The Morgan fingerprint density at radius 1 is 1.32 bits per heavy atom. The molecule has 2 bridgehead atoms. The van der Waals surface area contributed by atoms with Crippen LogP contribution in [0, 0.1) is 24.7 Å². The minimum Gasteiger partial charge on any atom is -0.493 e. The van der Waals surface area contributed by atoms with Gasteiger partial charge < -0.3 is 9.84 Å². The normalized spacial score (nSPS) is 28.9. The third-order valence-corrected chi connectivity index (χ3v) is 5.27. The number of fused-ring (bicyclic) bond motifs is 2. The Kier molecular flexibility index (Phi) is 3.86. The van der Waals surface area contributed by atoms with Gasteiger partial charge in [-0.05, 0) is 61.6 Å². The van der Waals surface area contributed by atoms with E-state index in [1.54, 1.807) is 0 Å². The van der Waals surface area contributed by atoms with Crippen molar-refractivity contribution in [2.24, 2.45) is 17.8 Å². The van der Waals surface area contributed by atoms with E-state index in [1.807, 2.05) is 13.0 Å². The summed E-state index contributed by atoms with van der Waals surface area (Å²) in [7, 11) is 0. The van der Waals surface area contributed by atoms with Crippen molar-refractivity contribution in [1.29, 1.82) is 0 Å². The molecule has 104 valence electrons. The quantitative estimate of drug-likeness (QED) is 0.904. The number of hydrogen-bond donors (Lipinski definition) is 1. The van der Waals surface area contributed by atoms with Crippen LogP contribution in [0.2, 0.25) is 0 Å². The van der Waals surface area contributed by atoms with Crippen LogP contribution in [0.15, 0.2) is 16.6 Å². The van der Waals surface area contributed by atoms with Crippen LogP contribution in [-0.4, -0.2) is 11.7 Å². The van der Waals surface area contributed by atoms with E-state index in [1.165, 1.54) is 25.7 Å². The fraction of sp³-hybridized carbons (Fsp3) is 0.625. The summed E-state index contributed by atoms with van der Waals surface area (Å²) < 4.78 is 7.07. The molecule has 0 aliphatic heterocycles. The maximum atomic E-state index is 9.46. The molecule has 2 saturated carbocycles. The molecule has 2 fully saturated rings. The van der Waals surface area contributed by atoms with Gasteiger partial charge in [-0.1, -0.05) is 22.4 Å². The molecule has 2 aliphatic carbocycles. The predicted molar refractivity (Wildman–Crippen MR) is 79.2 cm³/mol. The summed E-state index contributed by atoms with van der Waals surface area (Å²) in [6.45, 7) is 2.89. The van der Waals surface area contributed by atoms with Gasteiger partial charge in [0.2, 0.25) is 0 Å². The zero-order valence-electron chi connectivity index (χ0n) is 11.4. The monoisotopic (exact) mass is 324 g/mol. The number of aliphatic hydroxyl groups is 1. The van der Waals surface area contributed by atoms with Crippen molar-refractivity contribution in [2.45, 2.75) is 39.2 Å². The number of benzene rings is 1. The molecule has 2 aliphatic rings. The highest BCUT2D eigenvalue weighted by molar-refractivity contribution is 9.10. The van der Waals surface area contributed by atoms with Gasteiger partial charge in [-0.2, -0.15) is 0 Å². The number of ether oxygens (including phenoxy) is 1. The van der Waals surface area contributed by atoms with Gasteiger partial charge in [-0.25, -0.2) is 0 Å². The molecule has 3 unspecified atom stereocenters. The van der Waals surface area contributed by atoms with E-state index >= 15 is 0 Å². The standard InChI is InChI=1S/C16H21BrO2/c1-10-4-15(17)7-13(8-18)16(10)19-9-14-6-11-2-3-12(14)5-11/h4,7,11-12,14,18H,2-3,5-6,8-9H2,1H3. The van der Waals surface area contributed by atoms with Crippen LogP contribution in [0.4, 0.5) is 0 Å². The maximum absolute atomic E-state index is 9.46. The zero-order chi connectivity index (χ0) is 13.4. The van der Waals surface area contributed by atoms with Crippen molar-refractivity contribution >= 4 is 15.9 Å². The molecule has 3 rings (SSSR count). The van der Waals surface area contributed by atoms with Gasteiger partial charge in [0.25, 0.3) is 0 Å². The number of rotatable bonds is 4. The van der Waals surface area contributed by atoms with Crippen LogP contribution in [0.25, 0.3) is 0 Å². The lowest BCUT2D eigenvalue weighted by molar-refractivity contribution is 0.188. The fourth-order valence-corrected chi connectivity index (χ4v) is 4.51. The lowest BCUT2D eigenvalue weighted by Crippen LogP contribution is -2.19. The lowest BCUT2D eigenvalue weighted by Gasteiger charge is -2.23. The van der Waals surface area contributed by atoms with E-state index < -0.39 is 0 Å². The predicted octanol–water partition coefficient (Wildman–Crippen LogP) is 4.06. The van der Waals surface area contributed by atoms with Crippen molar-refractivity contribution in [1.82, 2.24) is 0 Å². The summed E-state index contributed by atoms with van der Waals surface area (Å²) in [5, 5.41) is 9.46. The molecule has 0 spiro atoms. The number of aryl methyl sites for hydroxylation is 1. The summed E-state index contributed by atoms with van der Waals surface area (Å²) in [5.74, 6) is 3.46. The average Bonchev–Trinajstić information content (AvgIpc) is 2.99. The Balaban J connectivity index is 1.69. The topological polar surface area (TPSA) is 29.5 Å². The first-order valence-electron chi connectivity index (χ1n) is 7.20. The van der Waals surface area contributed by atoms with Crippen LogP contribution in [-0.2, 0) is 6.61 Å². The Hall–Kier alpha value is -0.540. The molecule has 2 nitrogen and oxygen atoms in total. The molecule has 0 radical (unpaired) electrons. The number of hydrogen-bond acceptors (Lipinski definition) is 2. The Morgan fingerprint density at radius 3 is 2.79 bits per heavy atom. The first-order chi connectivity index (χ1) is 9.17. The summed E-state index contributed by atoms with van der Waals surface area (Å²) in [6.07, 6.45) is 5.58. The Labute approximate surface area is 123 Å². The third kappa shape index (κ3) is 2.68. The summed E-state index contributed by atoms with van der Waals surface area (Å²) in [6, 6.07) is 4.00. The van der Waals surface area contributed by atoms with Crippen molar-refractivity contribution in [3.8, 4) is 5.75 Å². The smallest absolute Gasteiger partial charge is 0.127 e. The highest BCUT2D eigenvalue weighted by Gasteiger charge is 2.39. The van der Waals surface area contributed by atoms with E-state index in [4.69, 9.17) is 4.74 Å². The van der Waals surface area contributed by atoms with Gasteiger partial charge in [0, 0.05) is 10.0 Å². The summed E-state index contributed by atoms with van der Waals surface area (Å²) in [4.78, 5) is 0. The SMILES string of the molecule is Cc1cc(Br)cc(CO)c1OCC1CC2CCC1C2. The highest BCUT2D eigenvalue weighted by Crippen LogP contribution is 2.48. The van der Waals surface area contributed by atoms with Gasteiger partial charge in [-0.3, -0.25) is 0 Å². The van der Waals surface area contributed by atoms with Gasteiger partial charge in [0.1, 0.15) is 5.75 Å². The van der Waals surface area contributed by atoms with Crippen LogP contribution < -0.4 is 4.74 Å². The minimum absolute atomic E-state index is 0.0341. The molecular weight excluding hydrogens is 304 g/mol. The molecule has 0 aromatic heterocycles. The Bertz CT molecular complexity index is 472. The number of aliphatic hydroxyl groups excluding tert-OH is 1. The first kappa shape index (κ1) is 13.4. The molecule has 19 heavy (non-hydrogen) atoms. The van der Waals surface area contributed by atoms with Gasteiger partial charge in [0.15, 0.2) is 0 Å². The maximum Gasteiger partial charge on any atom is 0.127 e. The molecule has 3 heteroatoms. The molecular formula is C16H21BrO2.